The fourth-order valence-corrected chi connectivity index (χ4v) is 3.56. The van der Waals surface area contributed by atoms with E-state index in [1.165, 1.54) is 20.3 Å². The topological polar surface area (TPSA) is 129 Å². The number of H-pyrrole nitrogens is 1. The molecule has 10 heteroatoms. The molecule has 0 spiro atoms. The van der Waals surface area contributed by atoms with Gasteiger partial charge in [-0.15, -0.1) is 0 Å². The van der Waals surface area contributed by atoms with E-state index in [2.05, 4.69) is 42.3 Å². The Morgan fingerprint density at radius 3 is 2.38 bits per heavy atom. The fourth-order valence-electron chi connectivity index (χ4n) is 3.16. The zero-order chi connectivity index (χ0) is 24.1. The fraction of sp³-hybridized carbons (Fsp3) is 0.0833. The third-order valence-electron chi connectivity index (χ3n) is 4.75. The molecule has 168 valence electrons. The van der Waals surface area contributed by atoms with Gasteiger partial charge >= 0.3 is 0 Å². The van der Waals surface area contributed by atoms with Crippen LogP contribution in [0.2, 0.25) is 0 Å². The summed E-state index contributed by atoms with van der Waals surface area (Å²) in [5, 5.41) is 21.0. The van der Waals surface area contributed by atoms with Gasteiger partial charge in [0.25, 0.3) is 0 Å². The smallest absolute Gasteiger partial charge is 0.249 e. The number of hydrogen-bond donors (Lipinski definition) is 2. The number of methoxy groups -OCH3 is 2. The number of anilines is 2. The summed E-state index contributed by atoms with van der Waals surface area (Å²) in [5.74, 6) is 1.64. The van der Waals surface area contributed by atoms with E-state index in [-0.39, 0.29) is 5.88 Å². The van der Waals surface area contributed by atoms with Crippen LogP contribution in [0.15, 0.2) is 53.1 Å². The van der Waals surface area contributed by atoms with Gasteiger partial charge in [0, 0.05) is 18.0 Å². The Bertz CT molecular complexity index is 1440. The average molecular weight is 517 g/mol. The maximum absolute atomic E-state index is 9.01. The number of nitriles is 2. The van der Waals surface area contributed by atoms with E-state index in [0.717, 1.165) is 4.47 Å². The lowest BCUT2D eigenvalue weighted by atomic mass is 10.1. The summed E-state index contributed by atoms with van der Waals surface area (Å²) < 4.78 is 18.0. The molecule has 0 aliphatic carbocycles. The second-order valence-electron chi connectivity index (χ2n) is 6.85. The quantitative estimate of drug-likeness (QED) is 0.300. The molecule has 2 aromatic heterocycles. The molecule has 0 saturated carbocycles. The molecule has 34 heavy (non-hydrogen) atoms. The predicted molar refractivity (Wildman–Crippen MR) is 130 cm³/mol. The molecule has 0 bridgehead atoms. The van der Waals surface area contributed by atoms with Crippen LogP contribution >= 0.6 is 15.9 Å². The summed E-state index contributed by atoms with van der Waals surface area (Å²) in [6.07, 6.45) is 4.74. The van der Waals surface area contributed by atoms with E-state index in [1.807, 2.05) is 6.07 Å². The second kappa shape index (κ2) is 9.94. The number of nitrogens with zero attached hydrogens (tertiary/aromatic N) is 4. The number of hydrogen-bond acceptors (Lipinski definition) is 8. The molecule has 0 radical (unpaired) electrons. The minimum atomic E-state index is 0.240. The molecule has 0 unspecified atom stereocenters. The molecule has 2 heterocycles. The van der Waals surface area contributed by atoms with Crippen molar-refractivity contribution in [3.63, 3.8) is 0 Å². The maximum atomic E-state index is 9.01. The van der Waals surface area contributed by atoms with Crippen molar-refractivity contribution in [2.45, 2.75) is 0 Å². The third-order valence-corrected chi connectivity index (χ3v) is 5.35. The standard InChI is InChI=1S/C24H17BrN6O3/c1-32-18-10-15(4-3-9-26)11-19(33-2)22(18)34-23-21-20(17(25)13-28-21)30-24(31-23)29-16-7-5-14(12-27)6-8-16/h3-8,10-11,13,28H,1-2H3,(H,29,30,31)/b4-3+. The molecule has 9 nitrogen and oxygen atoms in total. The highest BCUT2D eigenvalue weighted by molar-refractivity contribution is 9.10. The molecule has 0 amide bonds. The molecule has 0 fully saturated rings. The molecule has 0 aliphatic rings. The normalized spacial score (nSPS) is 10.6. The summed E-state index contributed by atoms with van der Waals surface area (Å²) >= 11 is 3.49. The van der Waals surface area contributed by atoms with Crippen molar-refractivity contribution in [1.29, 1.82) is 10.5 Å². The molecule has 0 aliphatic heterocycles. The summed E-state index contributed by atoms with van der Waals surface area (Å²) in [4.78, 5) is 12.2. The first kappa shape index (κ1) is 22.6. The van der Waals surface area contributed by atoms with Crippen LogP contribution < -0.4 is 19.5 Å². The average Bonchev–Trinajstić information content (AvgIpc) is 3.24. The van der Waals surface area contributed by atoms with Gasteiger partial charge in [0.05, 0.1) is 36.4 Å². The molecule has 2 N–H and O–H groups in total. The van der Waals surface area contributed by atoms with Gasteiger partial charge < -0.3 is 24.5 Å². The highest BCUT2D eigenvalue weighted by atomic mass is 79.9. The van der Waals surface area contributed by atoms with Crippen LogP contribution in [0.1, 0.15) is 11.1 Å². The van der Waals surface area contributed by atoms with E-state index < -0.39 is 0 Å². The highest BCUT2D eigenvalue weighted by Gasteiger charge is 2.20. The van der Waals surface area contributed by atoms with E-state index in [9.17, 15) is 0 Å². The molecule has 4 rings (SSSR count). The van der Waals surface area contributed by atoms with E-state index in [1.54, 1.807) is 48.7 Å². The Morgan fingerprint density at radius 1 is 1.06 bits per heavy atom. The Morgan fingerprint density at radius 2 is 1.76 bits per heavy atom. The Hall–Kier alpha value is -4.54. The van der Waals surface area contributed by atoms with Crippen LogP contribution in [-0.2, 0) is 0 Å². The van der Waals surface area contributed by atoms with Gasteiger partial charge in [-0.05, 0) is 64.0 Å². The van der Waals surface area contributed by atoms with Gasteiger partial charge in [0.2, 0.25) is 17.6 Å². The van der Waals surface area contributed by atoms with Crippen molar-refractivity contribution >= 4 is 44.7 Å². The monoisotopic (exact) mass is 516 g/mol. The Labute approximate surface area is 203 Å². The highest BCUT2D eigenvalue weighted by Crippen LogP contribution is 2.43. The minimum Gasteiger partial charge on any atom is -0.493 e. The third kappa shape index (κ3) is 4.63. The first-order valence-corrected chi connectivity index (χ1v) is 10.7. The summed E-state index contributed by atoms with van der Waals surface area (Å²) in [6.45, 7) is 0. The largest absolute Gasteiger partial charge is 0.493 e. The first-order chi connectivity index (χ1) is 16.6. The van der Waals surface area contributed by atoms with Crippen molar-refractivity contribution in [1.82, 2.24) is 15.0 Å². The van der Waals surface area contributed by atoms with Crippen LogP contribution in [0.3, 0.4) is 0 Å². The van der Waals surface area contributed by atoms with Gasteiger partial charge in [-0.25, -0.2) is 4.98 Å². The first-order valence-electron chi connectivity index (χ1n) is 9.88. The predicted octanol–water partition coefficient (Wildman–Crippen LogP) is 5.68. The number of halogens is 1. The van der Waals surface area contributed by atoms with Crippen LogP contribution in [0.5, 0.6) is 23.1 Å². The van der Waals surface area contributed by atoms with Gasteiger partial charge in [0.1, 0.15) is 11.0 Å². The number of allylic oxidation sites excluding steroid dienone is 1. The number of ether oxygens (including phenoxy) is 3. The van der Waals surface area contributed by atoms with Crippen LogP contribution in [0.4, 0.5) is 11.6 Å². The van der Waals surface area contributed by atoms with Gasteiger partial charge in [-0.1, -0.05) is 0 Å². The van der Waals surface area contributed by atoms with Crippen molar-refractivity contribution in [3.05, 3.63) is 64.3 Å². The van der Waals surface area contributed by atoms with E-state index in [0.29, 0.717) is 51.0 Å². The lowest BCUT2D eigenvalue weighted by Gasteiger charge is -2.15. The van der Waals surface area contributed by atoms with Crippen LogP contribution in [0, 0.1) is 22.7 Å². The van der Waals surface area contributed by atoms with Gasteiger partial charge in [0.15, 0.2) is 11.5 Å². The van der Waals surface area contributed by atoms with E-state index in [4.69, 9.17) is 24.7 Å². The molecule has 0 saturated heterocycles. The van der Waals surface area contributed by atoms with Crippen LogP contribution in [-0.4, -0.2) is 29.2 Å². The van der Waals surface area contributed by atoms with Crippen molar-refractivity contribution in [3.8, 4) is 35.3 Å². The summed E-state index contributed by atoms with van der Waals surface area (Å²) in [7, 11) is 3.02. The molecular weight excluding hydrogens is 500 g/mol. The molecule has 2 aromatic carbocycles. The zero-order valence-electron chi connectivity index (χ0n) is 18.1. The Kier molecular flexibility index (Phi) is 6.62. The lowest BCUT2D eigenvalue weighted by molar-refractivity contribution is 0.343. The Balaban J connectivity index is 1.78. The SMILES string of the molecule is COc1cc(/C=C/C#N)cc(OC)c1Oc1nc(Nc2ccc(C#N)cc2)nc2c(Br)c[nH]c12. The molecule has 4 aromatic rings. The van der Waals surface area contributed by atoms with Crippen molar-refractivity contribution in [2.24, 2.45) is 0 Å². The summed E-state index contributed by atoms with van der Waals surface area (Å²) in [6, 6.07) is 14.4. The van der Waals surface area contributed by atoms with E-state index >= 15 is 0 Å². The van der Waals surface area contributed by atoms with Crippen molar-refractivity contribution in [2.75, 3.05) is 19.5 Å². The number of fused-ring (bicyclic) bond motifs is 1. The summed E-state index contributed by atoms with van der Waals surface area (Å²) in [5.41, 5.74) is 3.13. The van der Waals surface area contributed by atoms with Gasteiger partial charge in [-0.2, -0.15) is 15.5 Å². The number of rotatable bonds is 7. The second-order valence-corrected chi connectivity index (χ2v) is 7.70. The number of aromatic amines is 1. The van der Waals surface area contributed by atoms with Crippen molar-refractivity contribution < 1.29 is 14.2 Å². The number of aromatic nitrogens is 3. The van der Waals surface area contributed by atoms with Crippen LogP contribution in [0.25, 0.3) is 17.1 Å². The zero-order valence-corrected chi connectivity index (χ0v) is 19.7. The minimum absolute atomic E-state index is 0.240. The number of nitrogens with one attached hydrogen (secondary N) is 2. The van der Waals surface area contributed by atoms with Gasteiger partial charge in [-0.3, -0.25) is 0 Å². The maximum Gasteiger partial charge on any atom is 0.249 e. The molecular formula is C24H17BrN6O3. The number of benzene rings is 2. The lowest BCUT2D eigenvalue weighted by Crippen LogP contribution is -2.02. The molecule has 0 atom stereocenters.